The molecule has 0 saturated carbocycles. The fourth-order valence-electron chi connectivity index (χ4n) is 5.60. The fourth-order valence-corrected chi connectivity index (χ4v) is 5.60. The van der Waals surface area contributed by atoms with Crippen LogP contribution in [0.5, 0.6) is 0 Å². The lowest BCUT2D eigenvalue weighted by Gasteiger charge is -2.37. The number of fused-ring (bicyclic) bond motifs is 1. The molecule has 0 spiro atoms. The van der Waals surface area contributed by atoms with E-state index >= 15 is 0 Å². The summed E-state index contributed by atoms with van der Waals surface area (Å²) in [6, 6.07) is 15.7. The summed E-state index contributed by atoms with van der Waals surface area (Å²) in [5.41, 5.74) is 4.81. The fraction of sp³-hybridized carbons (Fsp3) is 0.469. The van der Waals surface area contributed by atoms with Crippen LogP contribution >= 0.6 is 0 Å². The Labute approximate surface area is 221 Å². The first-order chi connectivity index (χ1) is 17.6. The average Bonchev–Trinajstić information content (AvgIpc) is 3.36. The highest BCUT2D eigenvalue weighted by atomic mass is 16.2. The normalized spacial score (nSPS) is 18.9. The van der Waals surface area contributed by atoms with E-state index in [9.17, 15) is 14.4 Å². The van der Waals surface area contributed by atoms with Crippen molar-refractivity contribution < 1.29 is 14.4 Å². The van der Waals surface area contributed by atoms with Gasteiger partial charge in [0, 0.05) is 25.2 Å². The number of carbonyl (C=O) groups excluding carboxylic acids is 3. The summed E-state index contributed by atoms with van der Waals surface area (Å²) < 4.78 is 0. The van der Waals surface area contributed by atoms with E-state index in [4.69, 9.17) is 0 Å². The molecule has 2 aromatic carbocycles. The molecule has 2 aliphatic rings. The van der Waals surface area contributed by atoms with Gasteiger partial charge in [0.2, 0.25) is 11.8 Å². The topological polar surface area (TPSA) is 57.7 Å². The summed E-state index contributed by atoms with van der Waals surface area (Å²) in [6.07, 6.45) is 5.16. The maximum absolute atomic E-state index is 13.9. The van der Waals surface area contributed by atoms with Crippen LogP contribution in [0.4, 0.5) is 5.69 Å². The number of hydrogen-bond acceptors (Lipinski definition) is 3. The van der Waals surface area contributed by atoms with E-state index in [2.05, 4.69) is 6.07 Å². The van der Waals surface area contributed by atoms with Crippen LogP contribution in [0.15, 0.2) is 54.6 Å². The summed E-state index contributed by atoms with van der Waals surface area (Å²) in [7, 11) is 0. The molecule has 4 rings (SSSR count). The molecule has 2 heterocycles. The quantitative estimate of drug-likeness (QED) is 0.458. The molecule has 1 unspecified atom stereocenters. The highest BCUT2D eigenvalue weighted by Crippen LogP contribution is 2.35. The van der Waals surface area contributed by atoms with Crippen molar-refractivity contribution in [1.82, 2.24) is 4.90 Å². The smallest absolute Gasteiger partial charge is 0.249 e. The molecule has 1 saturated heterocycles. The Morgan fingerprint density at radius 2 is 1.70 bits per heavy atom. The minimum absolute atomic E-state index is 0.00657. The number of anilines is 1. The molecule has 2 aromatic rings. The summed E-state index contributed by atoms with van der Waals surface area (Å²) >= 11 is 0. The van der Waals surface area contributed by atoms with Gasteiger partial charge >= 0.3 is 0 Å². The zero-order valence-electron chi connectivity index (χ0n) is 22.9. The lowest BCUT2D eigenvalue weighted by molar-refractivity contribution is -0.145. The molecule has 0 aromatic heterocycles. The zero-order valence-corrected chi connectivity index (χ0v) is 22.9. The van der Waals surface area contributed by atoms with Crippen molar-refractivity contribution in [2.75, 3.05) is 18.0 Å². The van der Waals surface area contributed by atoms with Crippen molar-refractivity contribution in [3.8, 4) is 0 Å². The summed E-state index contributed by atoms with van der Waals surface area (Å²) in [5.74, 6) is -0.627. The maximum atomic E-state index is 13.9. The number of allylic oxidation sites excluding steroid dienone is 2. The number of para-hydroxylation sites is 1. The van der Waals surface area contributed by atoms with Crippen molar-refractivity contribution in [2.24, 2.45) is 11.3 Å². The molecule has 196 valence electrons. The Morgan fingerprint density at radius 1 is 1.00 bits per heavy atom. The third-order valence-electron chi connectivity index (χ3n) is 7.83. The number of hydrogen-bond donors (Lipinski definition) is 0. The minimum atomic E-state index is -0.496. The number of nitrogens with zero attached hydrogens (tertiary/aromatic N) is 2. The van der Waals surface area contributed by atoms with E-state index in [1.807, 2.05) is 82.0 Å². The predicted octanol–water partition coefficient (Wildman–Crippen LogP) is 5.99. The van der Waals surface area contributed by atoms with Crippen molar-refractivity contribution in [3.63, 3.8) is 0 Å². The highest BCUT2D eigenvalue weighted by Gasteiger charge is 2.43. The number of ketones is 1. The summed E-state index contributed by atoms with van der Waals surface area (Å²) in [4.78, 5) is 44.5. The van der Waals surface area contributed by atoms with Crippen LogP contribution in [-0.4, -0.2) is 41.6 Å². The Balaban J connectivity index is 1.52. The standard InChI is InChI=1S/C32H40N2O3/c1-22-14-16-24(17-15-22)23(2)20-26(35)21-27(32(3,4)5)30(36)34-19-9-13-29(34)31(37)33-18-8-11-25-10-6-7-12-28(25)33/h6-7,10,12,14-17,20,27,29H,8-9,11,13,18-19,21H2,1-5H3/b23-20+/t27-,29?/m1/s1. The molecule has 5 heteroatoms. The molecule has 0 bridgehead atoms. The van der Waals surface area contributed by atoms with Crippen LogP contribution < -0.4 is 4.90 Å². The van der Waals surface area contributed by atoms with Gasteiger partial charge in [-0.25, -0.2) is 0 Å². The second-order valence-corrected chi connectivity index (χ2v) is 11.7. The number of aryl methyl sites for hydroxylation is 2. The average molecular weight is 501 g/mol. The lowest BCUT2D eigenvalue weighted by atomic mass is 9.76. The highest BCUT2D eigenvalue weighted by molar-refractivity contribution is 6.02. The Kier molecular flexibility index (Phi) is 8.01. The van der Waals surface area contributed by atoms with Gasteiger partial charge in [-0.3, -0.25) is 14.4 Å². The van der Waals surface area contributed by atoms with Gasteiger partial charge in [-0.2, -0.15) is 0 Å². The number of amides is 2. The summed E-state index contributed by atoms with van der Waals surface area (Å²) in [5, 5.41) is 0. The SMILES string of the molecule is C/C(=C\C(=O)C[C@H](C(=O)N1CCCC1C(=O)N1CCCc2ccccc21)C(C)(C)C)c1ccc(C)cc1. The molecule has 37 heavy (non-hydrogen) atoms. The Hall–Kier alpha value is -3.21. The number of benzene rings is 2. The number of likely N-dealkylation sites (tertiary alicyclic amines) is 1. The van der Waals surface area contributed by atoms with Crippen LogP contribution in [0.1, 0.15) is 70.1 Å². The Morgan fingerprint density at radius 3 is 2.41 bits per heavy atom. The van der Waals surface area contributed by atoms with E-state index in [-0.39, 0.29) is 24.0 Å². The van der Waals surface area contributed by atoms with Gasteiger partial charge in [0.25, 0.3) is 0 Å². The minimum Gasteiger partial charge on any atom is -0.330 e. The van der Waals surface area contributed by atoms with Crippen molar-refractivity contribution >= 4 is 28.9 Å². The summed E-state index contributed by atoms with van der Waals surface area (Å²) in [6.45, 7) is 11.2. The second kappa shape index (κ2) is 11.0. The van der Waals surface area contributed by atoms with E-state index < -0.39 is 17.4 Å². The van der Waals surface area contributed by atoms with Crippen molar-refractivity contribution in [2.45, 2.75) is 72.8 Å². The molecule has 0 aliphatic carbocycles. The predicted molar refractivity (Wildman–Crippen MR) is 149 cm³/mol. The van der Waals surface area contributed by atoms with Gasteiger partial charge in [0.05, 0.1) is 5.92 Å². The van der Waals surface area contributed by atoms with E-state index in [0.717, 1.165) is 36.1 Å². The lowest BCUT2D eigenvalue weighted by Crippen LogP contribution is -2.52. The van der Waals surface area contributed by atoms with E-state index in [1.54, 1.807) is 11.0 Å². The Bertz CT molecular complexity index is 1190. The molecule has 0 N–H and O–H groups in total. The van der Waals surface area contributed by atoms with Crippen LogP contribution in [-0.2, 0) is 20.8 Å². The first-order valence-electron chi connectivity index (χ1n) is 13.5. The monoisotopic (exact) mass is 500 g/mol. The molecule has 1 fully saturated rings. The molecule has 2 atom stereocenters. The van der Waals surface area contributed by atoms with E-state index in [1.165, 1.54) is 11.1 Å². The zero-order chi connectivity index (χ0) is 26.7. The van der Waals surface area contributed by atoms with Crippen LogP contribution in [0.2, 0.25) is 0 Å². The molecule has 2 amide bonds. The van der Waals surface area contributed by atoms with Crippen molar-refractivity contribution in [3.05, 3.63) is 71.3 Å². The number of rotatable bonds is 6. The third kappa shape index (κ3) is 6.03. The molecule has 5 nitrogen and oxygen atoms in total. The van der Waals surface area contributed by atoms with E-state index in [0.29, 0.717) is 19.5 Å². The number of carbonyl (C=O) groups is 3. The van der Waals surface area contributed by atoms with Gasteiger partial charge in [-0.1, -0.05) is 68.8 Å². The third-order valence-corrected chi connectivity index (χ3v) is 7.83. The molecule has 0 radical (unpaired) electrons. The van der Waals surface area contributed by atoms with Gasteiger partial charge in [0.15, 0.2) is 5.78 Å². The van der Waals surface area contributed by atoms with Crippen LogP contribution in [0.25, 0.3) is 5.57 Å². The van der Waals surface area contributed by atoms with Gasteiger partial charge < -0.3 is 9.80 Å². The first kappa shape index (κ1) is 26.8. The van der Waals surface area contributed by atoms with Crippen molar-refractivity contribution in [1.29, 1.82) is 0 Å². The maximum Gasteiger partial charge on any atom is 0.249 e. The second-order valence-electron chi connectivity index (χ2n) is 11.7. The van der Waals surface area contributed by atoms with Crippen LogP contribution in [0, 0.1) is 18.3 Å². The van der Waals surface area contributed by atoms with Gasteiger partial charge in [0.1, 0.15) is 6.04 Å². The molecular formula is C32H40N2O3. The van der Waals surface area contributed by atoms with Gasteiger partial charge in [-0.05, 0) is 73.8 Å². The molecular weight excluding hydrogens is 460 g/mol. The van der Waals surface area contributed by atoms with Crippen LogP contribution in [0.3, 0.4) is 0 Å². The largest absolute Gasteiger partial charge is 0.330 e. The first-order valence-corrected chi connectivity index (χ1v) is 13.5. The molecule has 2 aliphatic heterocycles. The van der Waals surface area contributed by atoms with Gasteiger partial charge in [-0.15, -0.1) is 0 Å².